The summed E-state index contributed by atoms with van der Waals surface area (Å²) in [6, 6.07) is 6.33. The fourth-order valence-corrected chi connectivity index (χ4v) is 1.14. The van der Waals surface area contributed by atoms with Gasteiger partial charge in [-0.3, -0.25) is 0 Å². The van der Waals surface area contributed by atoms with Crippen LogP contribution in [0.3, 0.4) is 0 Å². The summed E-state index contributed by atoms with van der Waals surface area (Å²) in [6.45, 7) is 0. The molecule has 0 heterocycles. The van der Waals surface area contributed by atoms with E-state index in [4.69, 9.17) is 14.9 Å². The van der Waals surface area contributed by atoms with Crippen LogP contribution >= 0.6 is 15.9 Å². The maximum atomic E-state index is 10.6. The molecule has 0 spiro atoms. The van der Waals surface area contributed by atoms with E-state index in [1.807, 2.05) is 0 Å². The summed E-state index contributed by atoms with van der Waals surface area (Å²) in [5.41, 5.74) is 0. The van der Waals surface area contributed by atoms with Crippen molar-refractivity contribution in [1.29, 1.82) is 0 Å². The van der Waals surface area contributed by atoms with Gasteiger partial charge in [-0.2, -0.15) is 0 Å². The van der Waals surface area contributed by atoms with Gasteiger partial charge in [0.05, 0.1) is 6.08 Å². The number of ether oxygens (including phenoxy) is 1. The zero-order valence-corrected chi connectivity index (χ0v) is 9.47. The van der Waals surface area contributed by atoms with Crippen molar-refractivity contribution in [3.63, 3.8) is 0 Å². The molecule has 0 bridgehead atoms. The molecule has 0 unspecified atom stereocenters. The van der Waals surface area contributed by atoms with Gasteiger partial charge in [0.25, 0.3) is 0 Å². The highest BCUT2D eigenvalue weighted by Gasteiger charge is 2.12. The second kappa shape index (κ2) is 5.32. The van der Waals surface area contributed by atoms with Gasteiger partial charge in [-0.15, -0.1) is 0 Å². The Labute approximate surface area is 99.1 Å². The lowest BCUT2D eigenvalue weighted by molar-refractivity contribution is -0.137. The van der Waals surface area contributed by atoms with Gasteiger partial charge in [0, 0.05) is 4.47 Å². The highest BCUT2D eigenvalue weighted by Crippen LogP contribution is 2.18. The second-order valence-corrected chi connectivity index (χ2v) is 3.62. The molecule has 84 valence electrons. The molecule has 1 aromatic rings. The molecule has 0 saturated carbocycles. The molecule has 0 amide bonds. The fourth-order valence-electron chi connectivity index (χ4n) is 0.877. The summed E-state index contributed by atoms with van der Waals surface area (Å²) in [4.78, 5) is 21.0. The highest BCUT2D eigenvalue weighted by atomic mass is 79.9. The second-order valence-electron chi connectivity index (χ2n) is 2.71. The lowest BCUT2D eigenvalue weighted by atomic mass is 10.3. The van der Waals surface area contributed by atoms with Crippen LogP contribution in [0.5, 0.6) is 5.75 Å². The molecular weight excluding hydrogens is 280 g/mol. The van der Waals surface area contributed by atoms with E-state index < -0.39 is 17.7 Å². The Balaban J connectivity index is 2.88. The molecule has 5 nitrogen and oxygen atoms in total. The molecule has 1 aromatic carbocycles. The summed E-state index contributed by atoms with van der Waals surface area (Å²) >= 11 is 3.20. The third-order valence-corrected chi connectivity index (χ3v) is 2.04. The third kappa shape index (κ3) is 3.74. The van der Waals surface area contributed by atoms with Crippen LogP contribution < -0.4 is 4.74 Å². The quantitative estimate of drug-likeness (QED) is 0.652. The van der Waals surface area contributed by atoms with Crippen molar-refractivity contribution in [3.8, 4) is 5.75 Å². The van der Waals surface area contributed by atoms with Gasteiger partial charge < -0.3 is 14.9 Å². The molecule has 0 atom stereocenters. The van der Waals surface area contributed by atoms with E-state index >= 15 is 0 Å². The van der Waals surface area contributed by atoms with E-state index in [1.165, 1.54) is 12.1 Å². The minimum Gasteiger partial charge on any atom is -0.478 e. The first-order valence-corrected chi connectivity index (χ1v) is 4.89. The van der Waals surface area contributed by atoms with E-state index in [-0.39, 0.29) is 5.75 Å². The zero-order chi connectivity index (χ0) is 12.1. The summed E-state index contributed by atoms with van der Waals surface area (Å²) in [5, 5.41) is 17.1. The normalized spacial score (nSPS) is 10.9. The molecule has 0 saturated heterocycles. The lowest BCUT2D eigenvalue weighted by Crippen LogP contribution is -2.10. The van der Waals surface area contributed by atoms with Crippen molar-refractivity contribution in [2.75, 3.05) is 0 Å². The molecule has 0 fully saturated rings. The molecule has 16 heavy (non-hydrogen) atoms. The van der Waals surface area contributed by atoms with Crippen LogP contribution in [0.4, 0.5) is 0 Å². The van der Waals surface area contributed by atoms with Crippen LogP contribution in [-0.4, -0.2) is 22.2 Å². The highest BCUT2D eigenvalue weighted by molar-refractivity contribution is 9.10. The van der Waals surface area contributed by atoms with Crippen LogP contribution in [0.15, 0.2) is 40.6 Å². The van der Waals surface area contributed by atoms with Crippen LogP contribution in [-0.2, 0) is 9.59 Å². The van der Waals surface area contributed by atoms with Gasteiger partial charge >= 0.3 is 11.9 Å². The van der Waals surface area contributed by atoms with Gasteiger partial charge in [0.1, 0.15) is 5.75 Å². The molecule has 0 aromatic heterocycles. The average molecular weight is 287 g/mol. The topological polar surface area (TPSA) is 83.8 Å². The van der Waals surface area contributed by atoms with E-state index in [2.05, 4.69) is 15.9 Å². The number of carboxylic acids is 2. The number of rotatable bonds is 4. The van der Waals surface area contributed by atoms with E-state index in [9.17, 15) is 9.59 Å². The minimum atomic E-state index is -1.44. The number of hydrogen-bond donors (Lipinski definition) is 2. The van der Waals surface area contributed by atoms with E-state index in [0.29, 0.717) is 6.08 Å². The summed E-state index contributed by atoms with van der Waals surface area (Å²) in [5.74, 6) is -3.22. The predicted molar refractivity (Wildman–Crippen MR) is 58.1 cm³/mol. The predicted octanol–water partition coefficient (Wildman–Crippen LogP) is 1.88. The first kappa shape index (κ1) is 12.3. The number of carboxylic acid groups (broad SMARTS) is 2. The summed E-state index contributed by atoms with van der Waals surface area (Å²) < 4.78 is 5.71. The Hall–Kier alpha value is -1.82. The Morgan fingerprint density at radius 2 is 1.75 bits per heavy atom. The number of carbonyl (C=O) groups is 2. The monoisotopic (exact) mass is 286 g/mol. The maximum absolute atomic E-state index is 10.6. The zero-order valence-electron chi connectivity index (χ0n) is 7.88. The number of halogens is 1. The third-order valence-electron chi connectivity index (χ3n) is 1.51. The molecule has 2 N–H and O–H groups in total. The lowest BCUT2D eigenvalue weighted by Gasteiger charge is -2.05. The standard InChI is InChI=1S/C10H7BrO5/c11-6-1-3-7(4-2-6)16-8(10(14)15)5-9(12)13/h1-5H,(H,12,13)(H,14,15)/b8-5+. The van der Waals surface area contributed by atoms with Gasteiger partial charge in [-0.25, -0.2) is 9.59 Å². The molecule has 0 aliphatic heterocycles. The van der Waals surface area contributed by atoms with Gasteiger partial charge in [0.2, 0.25) is 5.76 Å². The molecule has 1 rings (SSSR count). The van der Waals surface area contributed by atoms with Crippen LogP contribution in [0.25, 0.3) is 0 Å². The Bertz CT molecular complexity index is 435. The summed E-state index contributed by atoms with van der Waals surface area (Å²) in [6.07, 6.45) is 0.490. The summed E-state index contributed by atoms with van der Waals surface area (Å²) in [7, 11) is 0. The van der Waals surface area contributed by atoms with Crippen LogP contribution in [0.1, 0.15) is 0 Å². The Morgan fingerprint density at radius 1 is 1.19 bits per heavy atom. The van der Waals surface area contributed by atoms with Gasteiger partial charge in [-0.05, 0) is 24.3 Å². The van der Waals surface area contributed by atoms with Crippen molar-refractivity contribution in [3.05, 3.63) is 40.6 Å². The van der Waals surface area contributed by atoms with Crippen molar-refractivity contribution in [2.24, 2.45) is 0 Å². The largest absolute Gasteiger partial charge is 0.478 e. The Morgan fingerprint density at radius 3 is 2.19 bits per heavy atom. The van der Waals surface area contributed by atoms with Gasteiger partial charge in [0.15, 0.2) is 0 Å². The molecule has 0 aliphatic rings. The van der Waals surface area contributed by atoms with Crippen molar-refractivity contribution in [2.45, 2.75) is 0 Å². The molecule has 6 heteroatoms. The molecule has 0 radical (unpaired) electrons. The smallest absolute Gasteiger partial charge is 0.372 e. The number of hydrogen-bond acceptors (Lipinski definition) is 3. The minimum absolute atomic E-state index is 0.248. The fraction of sp³-hybridized carbons (Fsp3) is 0. The van der Waals surface area contributed by atoms with Gasteiger partial charge in [-0.1, -0.05) is 15.9 Å². The van der Waals surface area contributed by atoms with Crippen molar-refractivity contribution < 1.29 is 24.5 Å². The maximum Gasteiger partial charge on any atom is 0.372 e. The number of aliphatic carboxylic acids is 2. The SMILES string of the molecule is O=C(O)/C=C(/Oc1ccc(Br)cc1)C(=O)O. The average Bonchev–Trinajstić information content (AvgIpc) is 2.19. The van der Waals surface area contributed by atoms with Crippen molar-refractivity contribution in [1.82, 2.24) is 0 Å². The van der Waals surface area contributed by atoms with Crippen molar-refractivity contribution >= 4 is 27.9 Å². The first-order chi connectivity index (χ1) is 7.49. The molecular formula is C10H7BrO5. The van der Waals surface area contributed by atoms with E-state index in [1.54, 1.807) is 12.1 Å². The Kier molecular flexibility index (Phi) is 4.07. The first-order valence-electron chi connectivity index (χ1n) is 4.10. The van der Waals surface area contributed by atoms with Crippen LogP contribution in [0.2, 0.25) is 0 Å². The number of benzene rings is 1. The van der Waals surface area contributed by atoms with E-state index in [0.717, 1.165) is 4.47 Å². The van der Waals surface area contributed by atoms with Crippen LogP contribution in [0, 0.1) is 0 Å². The molecule has 0 aliphatic carbocycles.